The predicted octanol–water partition coefficient (Wildman–Crippen LogP) is 3.55. The third kappa shape index (κ3) is 8.52. The molecule has 1 amide bonds. The Balaban J connectivity index is 5.20. The van der Waals surface area contributed by atoms with Gasteiger partial charge in [0.2, 0.25) is 0 Å². The summed E-state index contributed by atoms with van der Waals surface area (Å²) in [5.74, 6) is 0.131. The molecule has 0 saturated carbocycles. The van der Waals surface area contributed by atoms with E-state index in [0.29, 0.717) is 12.3 Å². The van der Waals surface area contributed by atoms with Crippen molar-refractivity contribution in [2.75, 3.05) is 14.2 Å². The van der Waals surface area contributed by atoms with E-state index < -0.39 is 11.7 Å². The normalized spacial score (nSPS) is 15.5. The maximum atomic E-state index is 12.2. The maximum absolute atomic E-state index is 12.2. The van der Waals surface area contributed by atoms with Gasteiger partial charge in [0.05, 0.1) is 13.3 Å². The van der Waals surface area contributed by atoms with Gasteiger partial charge in [0, 0.05) is 0 Å². The summed E-state index contributed by atoms with van der Waals surface area (Å²) in [5, 5.41) is 2.91. The fraction of sp³-hybridized carbons (Fsp3) is 0.889. The molecule has 0 aromatic heterocycles. The molecular weight excluding hydrogens is 308 g/mol. The summed E-state index contributed by atoms with van der Waals surface area (Å²) in [6.45, 7) is 11.7. The Hall–Kier alpha value is -1.30. The van der Waals surface area contributed by atoms with Gasteiger partial charge in [0.15, 0.2) is 0 Å². The number of ether oxygens (including phenoxy) is 2. The van der Waals surface area contributed by atoms with E-state index in [-0.39, 0.29) is 18.2 Å². The first kappa shape index (κ1) is 22.7. The molecule has 0 rings (SSSR count). The maximum Gasteiger partial charge on any atom is 0.408 e. The van der Waals surface area contributed by atoms with Gasteiger partial charge in [-0.2, -0.15) is 0 Å². The molecule has 0 aliphatic heterocycles. The third-order valence-electron chi connectivity index (χ3n) is 4.02. The van der Waals surface area contributed by atoms with E-state index in [1.54, 1.807) is 0 Å². The van der Waals surface area contributed by atoms with Crippen LogP contribution < -0.4 is 5.32 Å². The monoisotopic (exact) mass is 344 g/mol. The summed E-state index contributed by atoms with van der Waals surface area (Å²) in [7, 11) is 3.24. The number of nitrogens with one attached hydrogen (secondary N) is 1. The number of rotatable bonds is 9. The van der Waals surface area contributed by atoms with Gasteiger partial charge >= 0.3 is 12.1 Å². The fourth-order valence-corrected chi connectivity index (χ4v) is 2.43. The predicted molar refractivity (Wildman–Crippen MR) is 95.7 cm³/mol. The first-order valence-corrected chi connectivity index (χ1v) is 8.84. The van der Waals surface area contributed by atoms with Crippen LogP contribution in [-0.4, -0.2) is 48.9 Å². The minimum Gasteiger partial charge on any atom is -0.468 e. The molecule has 24 heavy (non-hydrogen) atoms. The molecule has 0 aromatic rings. The molecule has 0 heterocycles. The van der Waals surface area contributed by atoms with E-state index in [2.05, 4.69) is 19.2 Å². The Morgan fingerprint density at radius 1 is 1.21 bits per heavy atom. The van der Waals surface area contributed by atoms with Gasteiger partial charge < -0.3 is 14.8 Å². The number of hydrogen-bond donors (Lipinski definition) is 1. The van der Waals surface area contributed by atoms with E-state index in [1.165, 1.54) is 7.11 Å². The molecule has 0 spiro atoms. The summed E-state index contributed by atoms with van der Waals surface area (Å²) in [6, 6.07) is -0.385. The van der Waals surface area contributed by atoms with Crippen molar-refractivity contribution in [1.29, 1.82) is 0 Å². The van der Waals surface area contributed by atoms with E-state index in [1.807, 2.05) is 39.6 Å². The highest BCUT2D eigenvalue weighted by molar-refractivity contribution is 5.75. The van der Waals surface area contributed by atoms with Crippen LogP contribution in [0.2, 0.25) is 0 Å². The average molecular weight is 344 g/mol. The zero-order valence-corrected chi connectivity index (χ0v) is 16.6. The second-order valence-corrected chi connectivity index (χ2v) is 7.40. The van der Waals surface area contributed by atoms with Crippen LogP contribution in [0.4, 0.5) is 4.79 Å². The van der Waals surface area contributed by atoms with Crippen LogP contribution in [0.5, 0.6) is 0 Å². The summed E-state index contributed by atoms with van der Waals surface area (Å²) < 4.78 is 10.3. The lowest BCUT2D eigenvalue weighted by molar-refractivity contribution is -0.148. The molecule has 3 unspecified atom stereocenters. The number of carbonyl (C=O) groups is 2. The van der Waals surface area contributed by atoms with Crippen LogP contribution in [0.3, 0.4) is 0 Å². The largest absolute Gasteiger partial charge is 0.468 e. The van der Waals surface area contributed by atoms with Crippen molar-refractivity contribution in [2.24, 2.45) is 5.92 Å². The van der Waals surface area contributed by atoms with Crippen molar-refractivity contribution < 1.29 is 19.1 Å². The highest BCUT2D eigenvalue weighted by Crippen LogP contribution is 2.18. The van der Waals surface area contributed by atoms with Crippen molar-refractivity contribution in [3.63, 3.8) is 0 Å². The topological polar surface area (TPSA) is 67.9 Å². The molecule has 0 aliphatic carbocycles. The van der Waals surface area contributed by atoms with E-state index in [0.717, 1.165) is 19.3 Å². The number of likely N-dealkylation sites (N-methyl/N-ethyl adjacent to an activating group) is 1. The zero-order valence-electron chi connectivity index (χ0n) is 16.6. The minimum atomic E-state index is -0.561. The smallest absolute Gasteiger partial charge is 0.408 e. The van der Waals surface area contributed by atoms with Crippen LogP contribution >= 0.6 is 0 Å². The van der Waals surface area contributed by atoms with Gasteiger partial charge in [-0.1, -0.05) is 33.6 Å². The molecule has 0 saturated heterocycles. The number of alkyl carbamates (subject to hydrolysis) is 1. The van der Waals surface area contributed by atoms with E-state index in [9.17, 15) is 9.59 Å². The van der Waals surface area contributed by atoms with Gasteiger partial charge in [0.1, 0.15) is 11.6 Å². The molecule has 6 heteroatoms. The molecule has 3 atom stereocenters. The van der Waals surface area contributed by atoms with Crippen molar-refractivity contribution in [2.45, 2.75) is 85.0 Å². The number of hydrogen-bond acceptors (Lipinski definition) is 5. The molecule has 0 fully saturated rings. The van der Waals surface area contributed by atoms with E-state index >= 15 is 0 Å². The Labute approximate surface area is 147 Å². The van der Waals surface area contributed by atoms with Gasteiger partial charge in [-0.15, -0.1) is 0 Å². The first-order chi connectivity index (χ1) is 11.1. The van der Waals surface area contributed by atoms with Crippen molar-refractivity contribution in [3.8, 4) is 0 Å². The molecule has 0 aromatic carbocycles. The van der Waals surface area contributed by atoms with Crippen LogP contribution in [0.1, 0.15) is 67.2 Å². The highest BCUT2D eigenvalue weighted by atomic mass is 16.6. The third-order valence-corrected chi connectivity index (χ3v) is 4.02. The van der Waals surface area contributed by atoms with Crippen LogP contribution in [0, 0.1) is 5.92 Å². The second kappa shape index (κ2) is 10.5. The zero-order chi connectivity index (χ0) is 18.9. The fourth-order valence-electron chi connectivity index (χ4n) is 2.43. The van der Waals surface area contributed by atoms with Gasteiger partial charge in [-0.3, -0.25) is 9.69 Å². The summed E-state index contributed by atoms with van der Waals surface area (Å²) in [5.41, 5.74) is -0.561. The van der Waals surface area contributed by atoms with Crippen molar-refractivity contribution >= 4 is 12.1 Å². The summed E-state index contributed by atoms with van der Waals surface area (Å²) >= 11 is 0. The molecular formula is C18H36N2O4. The average Bonchev–Trinajstić information content (AvgIpc) is 2.48. The lowest BCUT2D eigenvalue weighted by Gasteiger charge is -2.35. The SMILES string of the molecule is CCCC(C(=O)OC)N(C)C(CC(C)CC)NC(=O)OC(C)(C)C. The summed E-state index contributed by atoms with van der Waals surface area (Å²) in [6.07, 6.45) is 2.51. The number of esters is 1. The van der Waals surface area contributed by atoms with Gasteiger partial charge in [-0.05, 0) is 46.6 Å². The molecule has 0 bridgehead atoms. The second-order valence-electron chi connectivity index (χ2n) is 7.40. The van der Waals surface area contributed by atoms with E-state index in [4.69, 9.17) is 9.47 Å². The number of nitrogens with zero attached hydrogens (tertiary/aromatic N) is 1. The van der Waals surface area contributed by atoms with Crippen LogP contribution in [-0.2, 0) is 14.3 Å². The van der Waals surface area contributed by atoms with Gasteiger partial charge in [-0.25, -0.2) is 4.79 Å². The number of methoxy groups -OCH3 is 1. The summed E-state index contributed by atoms with van der Waals surface area (Å²) in [4.78, 5) is 26.2. The standard InChI is InChI=1S/C18H36N2O4/c1-9-11-14(16(21)23-8)20(7)15(12-13(3)10-2)19-17(22)24-18(4,5)6/h13-15H,9-12H2,1-8H3,(H,19,22). The Kier molecular flexibility index (Phi) is 9.97. The van der Waals surface area contributed by atoms with Crippen molar-refractivity contribution in [1.82, 2.24) is 10.2 Å². The highest BCUT2D eigenvalue weighted by Gasteiger charge is 2.31. The Bertz CT molecular complexity index is 393. The van der Waals surface area contributed by atoms with Gasteiger partial charge in [0.25, 0.3) is 0 Å². The molecule has 6 nitrogen and oxygen atoms in total. The molecule has 0 radical (unpaired) electrons. The van der Waals surface area contributed by atoms with Crippen LogP contribution in [0.25, 0.3) is 0 Å². The molecule has 142 valence electrons. The molecule has 1 N–H and O–H groups in total. The lowest BCUT2D eigenvalue weighted by atomic mass is 10.0. The Morgan fingerprint density at radius 2 is 1.79 bits per heavy atom. The number of amides is 1. The Morgan fingerprint density at radius 3 is 2.21 bits per heavy atom. The molecule has 0 aliphatic rings. The van der Waals surface area contributed by atoms with Crippen LogP contribution in [0.15, 0.2) is 0 Å². The lowest BCUT2D eigenvalue weighted by Crippen LogP contribution is -2.54. The quantitative estimate of drug-likeness (QED) is 0.512. The van der Waals surface area contributed by atoms with Crippen molar-refractivity contribution in [3.05, 3.63) is 0 Å². The number of carbonyl (C=O) groups excluding carboxylic acids is 2. The minimum absolute atomic E-state index is 0.278. The first-order valence-electron chi connectivity index (χ1n) is 8.84.